The van der Waals surface area contributed by atoms with Gasteiger partial charge in [0.05, 0.1) is 11.6 Å². The van der Waals surface area contributed by atoms with E-state index >= 15 is 0 Å². The molecule has 11 heteroatoms. The second-order valence-corrected chi connectivity index (χ2v) is 9.98. The van der Waals surface area contributed by atoms with Crippen LogP contribution < -0.4 is 4.90 Å². The van der Waals surface area contributed by atoms with Crippen molar-refractivity contribution in [2.45, 2.75) is 43.9 Å². The minimum atomic E-state index is -4.74. The van der Waals surface area contributed by atoms with Crippen LogP contribution in [0.15, 0.2) is 66.3 Å². The third kappa shape index (κ3) is 5.57. The molecule has 1 aromatic carbocycles. The molecule has 0 spiro atoms. The second kappa shape index (κ2) is 10.6. The number of rotatable bonds is 5. The summed E-state index contributed by atoms with van der Waals surface area (Å²) in [5, 5.41) is 8.96. The normalized spacial score (nSPS) is 19.7. The molecule has 0 radical (unpaired) electrons. The van der Waals surface area contributed by atoms with E-state index in [9.17, 15) is 22.8 Å². The van der Waals surface area contributed by atoms with Gasteiger partial charge < -0.3 is 24.5 Å². The Kier molecular flexibility index (Phi) is 7.24. The molecule has 1 unspecified atom stereocenters. The molecule has 1 fully saturated rings. The highest BCUT2D eigenvalue weighted by Crippen LogP contribution is 2.41. The van der Waals surface area contributed by atoms with Crippen molar-refractivity contribution in [1.82, 2.24) is 14.8 Å². The summed E-state index contributed by atoms with van der Waals surface area (Å²) in [5.41, 5.74) is 2.40. The lowest BCUT2D eigenvalue weighted by atomic mass is 9.99. The van der Waals surface area contributed by atoms with E-state index in [2.05, 4.69) is 14.6 Å². The third-order valence-corrected chi connectivity index (χ3v) is 7.76. The molecule has 2 aliphatic heterocycles. The monoisotopic (exact) mass is 542 g/mol. The summed E-state index contributed by atoms with van der Waals surface area (Å²) in [5.74, 6) is -0.853. The Labute approximate surface area is 224 Å². The average Bonchev–Trinajstić information content (AvgIpc) is 3.35. The lowest BCUT2D eigenvalue weighted by Gasteiger charge is -2.38. The van der Waals surface area contributed by atoms with Gasteiger partial charge >= 0.3 is 12.3 Å². The Hall–Kier alpha value is -4.02. The Morgan fingerprint density at radius 1 is 1.10 bits per heavy atom. The summed E-state index contributed by atoms with van der Waals surface area (Å²) in [6.45, 7) is 1.60. The molecular weight excluding hydrogens is 513 g/mol. The summed E-state index contributed by atoms with van der Waals surface area (Å²) < 4.78 is 44.7. The van der Waals surface area contributed by atoms with Crippen molar-refractivity contribution in [3.8, 4) is 0 Å². The fraction of sp³-hybridized carbons (Fsp3) is 0.393. The maximum Gasteiger partial charge on any atom is 0.511 e. The molecule has 39 heavy (non-hydrogen) atoms. The van der Waals surface area contributed by atoms with E-state index in [0.717, 1.165) is 55.0 Å². The van der Waals surface area contributed by atoms with Crippen molar-refractivity contribution in [2.75, 3.05) is 31.6 Å². The number of carbonyl (C=O) groups excluding carboxylic acids is 1. The minimum Gasteiger partial charge on any atom is -0.449 e. The molecule has 0 saturated carbocycles. The highest BCUT2D eigenvalue weighted by atomic mass is 19.4. The number of allylic oxidation sites excluding steroid dienone is 1. The molecule has 8 nitrogen and oxygen atoms in total. The number of fused-ring (bicyclic) bond motifs is 1. The largest absolute Gasteiger partial charge is 0.511 e. The molecule has 0 bridgehead atoms. The van der Waals surface area contributed by atoms with Crippen LogP contribution in [0.25, 0.3) is 0 Å². The molecule has 1 N–H and O–H groups in total. The maximum absolute atomic E-state index is 13.5. The van der Waals surface area contributed by atoms with Gasteiger partial charge in [0.1, 0.15) is 0 Å². The van der Waals surface area contributed by atoms with Gasteiger partial charge in [-0.05, 0) is 67.2 Å². The number of benzene rings is 1. The molecule has 1 amide bonds. The number of nitrogens with zero attached hydrogens (tertiary/aromatic N) is 4. The Balaban J connectivity index is 1.30. The van der Waals surface area contributed by atoms with Crippen LogP contribution in [0.4, 0.5) is 23.7 Å². The smallest absolute Gasteiger partial charge is 0.449 e. The number of ether oxygens (including phenoxy) is 1. The first-order chi connectivity index (χ1) is 18.6. The van der Waals surface area contributed by atoms with Crippen molar-refractivity contribution in [2.24, 2.45) is 0 Å². The second-order valence-electron chi connectivity index (χ2n) is 9.98. The van der Waals surface area contributed by atoms with Crippen LogP contribution in [0.2, 0.25) is 0 Å². The Bertz CT molecular complexity index is 1300. The molecule has 1 saturated heterocycles. The molecule has 5 rings (SSSR count). The number of carbonyl (C=O) groups is 2. The quantitative estimate of drug-likeness (QED) is 0.523. The van der Waals surface area contributed by atoms with Crippen molar-refractivity contribution in [3.05, 3.63) is 83.0 Å². The number of aromatic nitrogens is 1. The van der Waals surface area contributed by atoms with E-state index in [0.29, 0.717) is 18.4 Å². The van der Waals surface area contributed by atoms with E-state index in [1.165, 1.54) is 0 Å². The van der Waals surface area contributed by atoms with Gasteiger partial charge in [0.2, 0.25) is 0 Å². The lowest BCUT2D eigenvalue weighted by molar-refractivity contribution is -0.0941. The van der Waals surface area contributed by atoms with Crippen LogP contribution in [0.3, 0.4) is 0 Å². The fourth-order valence-electron chi connectivity index (χ4n) is 5.71. The van der Waals surface area contributed by atoms with Gasteiger partial charge in [-0.3, -0.25) is 9.78 Å². The van der Waals surface area contributed by atoms with Gasteiger partial charge in [-0.1, -0.05) is 6.07 Å². The summed E-state index contributed by atoms with van der Waals surface area (Å²) in [7, 11) is 1.81. The topological polar surface area (TPSA) is 86.2 Å². The number of carboxylic acid groups (broad SMARTS) is 1. The van der Waals surface area contributed by atoms with Gasteiger partial charge in [-0.15, -0.1) is 0 Å². The zero-order chi connectivity index (χ0) is 27.7. The SMILES string of the molecule is CN(C(=O)c1ccc2c(c1)C(N1C=C(OC(=O)O)C(C(F)(F)F)=CC1)CC2)C1CCN(c2ccncc2)CC1. The number of aryl methyl sites for hydroxylation is 1. The van der Waals surface area contributed by atoms with E-state index in [-0.39, 0.29) is 24.5 Å². The first kappa shape index (κ1) is 26.6. The molecule has 3 heterocycles. The maximum atomic E-state index is 13.5. The van der Waals surface area contributed by atoms with Crippen molar-refractivity contribution < 1.29 is 32.6 Å². The van der Waals surface area contributed by atoms with Crippen molar-refractivity contribution in [1.29, 1.82) is 0 Å². The molecule has 1 aromatic heterocycles. The number of pyridine rings is 1. The summed E-state index contributed by atoms with van der Waals surface area (Å²) in [4.78, 5) is 34.3. The number of alkyl halides is 3. The Morgan fingerprint density at radius 2 is 1.82 bits per heavy atom. The highest BCUT2D eigenvalue weighted by Gasteiger charge is 2.41. The van der Waals surface area contributed by atoms with Crippen LogP contribution in [-0.4, -0.2) is 70.9 Å². The summed E-state index contributed by atoms with van der Waals surface area (Å²) in [6.07, 6.45) is 2.04. The summed E-state index contributed by atoms with van der Waals surface area (Å²) in [6, 6.07) is 9.27. The van der Waals surface area contributed by atoms with Crippen LogP contribution >= 0.6 is 0 Å². The predicted molar refractivity (Wildman–Crippen MR) is 137 cm³/mol. The number of anilines is 1. The first-order valence-corrected chi connectivity index (χ1v) is 12.8. The average molecular weight is 543 g/mol. The van der Waals surface area contributed by atoms with Gasteiger partial charge in [0.15, 0.2) is 5.76 Å². The molecule has 1 aliphatic carbocycles. The molecule has 1 atom stereocenters. The van der Waals surface area contributed by atoms with E-state index < -0.39 is 23.7 Å². The third-order valence-electron chi connectivity index (χ3n) is 7.76. The van der Waals surface area contributed by atoms with Gasteiger partial charge in [-0.2, -0.15) is 13.2 Å². The van der Waals surface area contributed by atoms with Crippen LogP contribution in [0.1, 0.15) is 46.8 Å². The number of hydrogen-bond donors (Lipinski definition) is 1. The van der Waals surface area contributed by atoms with E-state index in [4.69, 9.17) is 5.11 Å². The van der Waals surface area contributed by atoms with Gasteiger partial charge in [0, 0.05) is 62.6 Å². The van der Waals surface area contributed by atoms with Gasteiger partial charge in [-0.25, -0.2) is 4.79 Å². The van der Waals surface area contributed by atoms with Crippen molar-refractivity contribution in [3.63, 3.8) is 0 Å². The molecule has 2 aromatic rings. The van der Waals surface area contributed by atoms with Crippen LogP contribution in [0.5, 0.6) is 0 Å². The minimum absolute atomic E-state index is 0.0560. The highest BCUT2D eigenvalue weighted by molar-refractivity contribution is 5.94. The first-order valence-electron chi connectivity index (χ1n) is 12.8. The van der Waals surface area contributed by atoms with Crippen LogP contribution in [0, 0.1) is 0 Å². The summed E-state index contributed by atoms with van der Waals surface area (Å²) >= 11 is 0. The number of hydrogen-bond acceptors (Lipinski definition) is 6. The number of halogens is 3. The van der Waals surface area contributed by atoms with Gasteiger partial charge in [0.25, 0.3) is 5.91 Å². The van der Waals surface area contributed by atoms with E-state index in [1.807, 2.05) is 31.3 Å². The standard InChI is InChI=1S/C28H29F3N4O4/c1-33(20-8-13-34(14-9-20)21-6-11-32-12-7-21)26(36)19-3-2-18-4-5-24(22(18)16-19)35-15-10-23(28(29,30)31)25(17-35)39-27(37)38/h2-3,6-7,10-12,16-17,20,24H,4-5,8-9,13-15H2,1H3,(H,37,38). The predicted octanol–water partition coefficient (Wildman–Crippen LogP) is 5.15. The van der Waals surface area contributed by atoms with Crippen molar-refractivity contribution >= 4 is 17.7 Å². The Morgan fingerprint density at radius 3 is 2.49 bits per heavy atom. The molecule has 206 valence electrons. The fourth-order valence-corrected chi connectivity index (χ4v) is 5.71. The molecular formula is C28H29F3N4O4. The van der Waals surface area contributed by atoms with Crippen LogP contribution in [-0.2, 0) is 11.2 Å². The van der Waals surface area contributed by atoms with E-state index in [1.54, 1.807) is 28.3 Å². The molecule has 3 aliphatic rings. The lowest BCUT2D eigenvalue weighted by Crippen LogP contribution is -2.45. The zero-order valence-corrected chi connectivity index (χ0v) is 21.4. The zero-order valence-electron chi connectivity index (χ0n) is 21.4. The number of amides is 1. The number of piperidine rings is 1.